The van der Waals surface area contributed by atoms with E-state index in [1.807, 2.05) is 0 Å². The maximum absolute atomic E-state index is 11.3. The number of hydrogen-bond acceptors (Lipinski definition) is 2. The molecule has 0 aromatic carbocycles. The lowest BCUT2D eigenvalue weighted by atomic mass is 9.84. The van der Waals surface area contributed by atoms with E-state index in [1.54, 1.807) is 6.92 Å². The smallest absolute Gasteiger partial charge is 0.135 e. The van der Waals surface area contributed by atoms with E-state index in [0.717, 1.165) is 32.1 Å². The average Bonchev–Trinajstić information content (AvgIpc) is 2.03. The summed E-state index contributed by atoms with van der Waals surface area (Å²) in [5.41, 5.74) is 0. The first-order chi connectivity index (χ1) is 5.70. The molecule has 1 saturated carbocycles. The van der Waals surface area contributed by atoms with Gasteiger partial charge in [0.2, 0.25) is 0 Å². The summed E-state index contributed by atoms with van der Waals surface area (Å²) in [5.74, 6) is 0.776. The Labute approximate surface area is 73.3 Å². The Balaban J connectivity index is 2.29. The predicted molar refractivity (Wildman–Crippen MR) is 46.9 cm³/mol. The van der Waals surface area contributed by atoms with Crippen molar-refractivity contribution in [1.82, 2.24) is 0 Å². The van der Waals surface area contributed by atoms with E-state index in [0.29, 0.717) is 12.2 Å². The van der Waals surface area contributed by atoms with Gasteiger partial charge in [0.15, 0.2) is 0 Å². The van der Waals surface area contributed by atoms with Gasteiger partial charge < -0.3 is 4.79 Å². The summed E-state index contributed by atoms with van der Waals surface area (Å²) in [7, 11) is 0. The normalized spacial score (nSPS) is 24.1. The quantitative estimate of drug-likeness (QED) is 0.646. The summed E-state index contributed by atoms with van der Waals surface area (Å²) in [6.45, 7) is 1.59. The lowest BCUT2D eigenvalue weighted by Crippen LogP contribution is -2.19. The molecule has 2 nitrogen and oxygen atoms in total. The van der Waals surface area contributed by atoms with Gasteiger partial charge >= 0.3 is 0 Å². The second-order valence-electron chi connectivity index (χ2n) is 3.65. The number of carbonyl (C=O) groups is 2. The first kappa shape index (κ1) is 9.43. The zero-order valence-corrected chi connectivity index (χ0v) is 7.64. The van der Waals surface area contributed by atoms with Gasteiger partial charge in [-0.05, 0) is 26.2 Å². The molecular formula is C10H16O2. The van der Waals surface area contributed by atoms with Gasteiger partial charge in [-0.1, -0.05) is 6.42 Å². The van der Waals surface area contributed by atoms with Crippen LogP contribution >= 0.6 is 0 Å². The first-order valence-corrected chi connectivity index (χ1v) is 4.72. The monoisotopic (exact) mass is 168 g/mol. The fourth-order valence-electron chi connectivity index (χ4n) is 1.74. The molecule has 0 unspecified atom stereocenters. The molecule has 0 spiro atoms. The molecule has 1 atom stereocenters. The van der Waals surface area contributed by atoms with Crippen molar-refractivity contribution in [3.05, 3.63) is 0 Å². The van der Waals surface area contributed by atoms with E-state index in [-0.39, 0.29) is 11.7 Å². The average molecular weight is 168 g/mol. The van der Waals surface area contributed by atoms with Crippen molar-refractivity contribution in [1.29, 1.82) is 0 Å². The summed E-state index contributed by atoms with van der Waals surface area (Å²) in [6, 6.07) is 0. The SMILES string of the molecule is CC(=O)CC[C@H]1CCCCC1=O. The molecule has 0 amide bonds. The van der Waals surface area contributed by atoms with Crippen LogP contribution in [0.2, 0.25) is 0 Å². The fourth-order valence-corrected chi connectivity index (χ4v) is 1.74. The topological polar surface area (TPSA) is 34.1 Å². The Bertz CT molecular complexity index is 184. The Kier molecular flexibility index (Phi) is 3.45. The van der Waals surface area contributed by atoms with Gasteiger partial charge in [0.1, 0.15) is 11.6 Å². The largest absolute Gasteiger partial charge is 0.300 e. The zero-order chi connectivity index (χ0) is 8.97. The Morgan fingerprint density at radius 3 is 2.83 bits per heavy atom. The van der Waals surface area contributed by atoms with Crippen LogP contribution in [0, 0.1) is 5.92 Å². The molecule has 1 rings (SSSR count). The van der Waals surface area contributed by atoms with Crippen molar-refractivity contribution in [3.8, 4) is 0 Å². The molecule has 0 aromatic rings. The summed E-state index contributed by atoms with van der Waals surface area (Å²) in [4.78, 5) is 22.0. The summed E-state index contributed by atoms with van der Waals surface area (Å²) in [6.07, 6.45) is 5.32. The van der Waals surface area contributed by atoms with Gasteiger partial charge in [0.25, 0.3) is 0 Å². The molecular weight excluding hydrogens is 152 g/mol. The van der Waals surface area contributed by atoms with E-state index in [2.05, 4.69) is 0 Å². The van der Waals surface area contributed by atoms with E-state index in [4.69, 9.17) is 0 Å². The molecule has 0 saturated heterocycles. The van der Waals surface area contributed by atoms with Crippen LogP contribution in [0.5, 0.6) is 0 Å². The molecule has 0 bridgehead atoms. The highest BCUT2D eigenvalue weighted by molar-refractivity contribution is 5.82. The minimum absolute atomic E-state index is 0.197. The molecule has 0 heterocycles. The van der Waals surface area contributed by atoms with Gasteiger partial charge in [-0.15, -0.1) is 0 Å². The molecule has 0 radical (unpaired) electrons. The third-order valence-electron chi connectivity index (χ3n) is 2.53. The molecule has 0 aliphatic heterocycles. The predicted octanol–water partition coefficient (Wildman–Crippen LogP) is 2.11. The minimum Gasteiger partial charge on any atom is -0.300 e. The molecule has 1 aliphatic carbocycles. The lowest BCUT2D eigenvalue weighted by Gasteiger charge is -2.19. The number of Topliss-reactive ketones (excluding diaryl/α,β-unsaturated/α-hetero) is 2. The van der Waals surface area contributed by atoms with Gasteiger partial charge in [-0.25, -0.2) is 0 Å². The number of carbonyl (C=O) groups excluding carboxylic acids is 2. The van der Waals surface area contributed by atoms with Crippen molar-refractivity contribution >= 4 is 11.6 Å². The van der Waals surface area contributed by atoms with Crippen molar-refractivity contribution in [2.75, 3.05) is 0 Å². The van der Waals surface area contributed by atoms with Gasteiger partial charge in [0.05, 0.1) is 0 Å². The van der Waals surface area contributed by atoms with E-state index < -0.39 is 0 Å². The third-order valence-corrected chi connectivity index (χ3v) is 2.53. The molecule has 12 heavy (non-hydrogen) atoms. The molecule has 1 aliphatic rings. The van der Waals surface area contributed by atoms with Crippen LogP contribution in [0.25, 0.3) is 0 Å². The van der Waals surface area contributed by atoms with Crippen LogP contribution in [-0.2, 0) is 9.59 Å². The van der Waals surface area contributed by atoms with Crippen LogP contribution in [0.4, 0.5) is 0 Å². The summed E-state index contributed by atoms with van der Waals surface area (Å²) >= 11 is 0. The fraction of sp³-hybridized carbons (Fsp3) is 0.800. The second-order valence-corrected chi connectivity index (χ2v) is 3.65. The summed E-state index contributed by atoms with van der Waals surface area (Å²) in [5, 5.41) is 0. The van der Waals surface area contributed by atoms with Crippen LogP contribution in [0.15, 0.2) is 0 Å². The van der Waals surface area contributed by atoms with Crippen LogP contribution in [0.3, 0.4) is 0 Å². The maximum atomic E-state index is 11.3. The lowest BCUT2D eigenvalue weighted by molar-refractivity contribution is -0.125. The Morgan fingerprint density at radius 1 is 1.50 bits per heavy atom. The Morgan fingerprint density at radius 2 is 2.25 bits per heavy atom. The minimum atomic E-state index is 0.197. The van der Waals surface area contributed by atoms with Gasteiger partial charge in [0, 0.05) is 18.8 Å². The molecule has 0 N–H and O–H groups in total. The standard InChI is InChI=1S/C10H16O2/c1-8(11)6-7-9-4-2-3-5-10(9)12/h9H,2-7H2,1H3/t9-/m1/s1. The first-order valence-electron chi connectivity index (χ1n) is 4.72. The molecule has 2 heteroatoms. The third kappa shape index (κ3) is 2.76. The highest BCUT2D eigenvalue weighted by Crippen LogP contribution is 2.24. The number of rotatable bonds is 3. The molecule has 1 fully saturated rings. The zero-order valence-electron chi connectivity index (χ0n) is 7.64. The van der Waals surface area contributed by atoms with Crippen LogP contribution in [0.1, 0.15) is 45.4 Å². The van der Waals surface area contributed by atoms with Crippen LogP contribution in [-0.4, -0.2) is 11.6 Å². The number of ketones is 2. The van der Waals surface area contributed by atoms with Gasteiger partial charge in [-0.2, -0.15) is 0 Å². The molecule has 0 aromatic heterocycles. The highest BCUT2D eigenvalue weighted by atomic mass is 16.1. The second kappa shape index (κ2) is 4.39. The van der Waals surface area contributed by atoms with Crippen molar-refractivity contribution in [2.45, 2.75) is 45.4 Å². The van der Waals surface area contributed by atoms with Crippen molar-refractivity contribution in [3.63, 3.8) is 0 Å². The van der Waals surface area contributed by atoms with Crippen LogP contribution < -0.4 is 0 Å². The van der Waals surface area contributed by atoms with E-state index in [9.17, 15) is 9.59 Å². The maximum Gasteiger partial charge on any atom is 0.135 e. The van der Waals surface area contributed by atoms with E-state index in [1.165, 1.54) is 0 Å². The highest BCUT2D eigenvalue weighted by Gasteiger charge is 2.21. The number of hydrogen-bond donors (Lipinski definition) is 0. The summed E-state index contributed by atoms with van der Waals surface area (Å²) < 4.78 is 0. The van der Waals surface area contributed by atoms with Crippen molar-refractivity contribution in [2.24, 2.45) is 5.92 Å². The van der Waals surface area contributed by atoms with Gasteiger partial charge in [-0.3, -0.25) is 4.79 Å². The molecule has 68 valence electrons. The van der Waals surface area contributed by atoms with E-state index >= 15 is 0 Å². The Hall–Kier alpha value is -0.660. The van der Waals surface area contributed by atoms with Crippen molar-refractivity contribution < 1.29 is 9.59 Å².